The maximum Gasteiger partial charge on any atom is 0.248 e. The van der Waals surface area contributed by atoms with E-state index in [0.29, 0.717) is 18.4 Å². The zero-order valence-electron chi connectivity index (χ0n) is 13.6. The van der Waals surface area contributed by atoms with Gasteiger partial charge in [-0.1, -0.05) is 0 Å². The monoisotopic (exact) mass is 328 g/mol. The number of aromatic nitrogens is 4. The lowest BCUT2D eigenvalue weighted by Crippen LogP contribution is -2.41. The molecule has 2 aromatic heterocycles. The number of likely N-dealkylation sites (tertiary alicyclic amines) is 1. The zero-order chi connectivity index (χ0) is 16.8. The first-order chi connectivity index (χ1) is 11.8. The summed E-state index contributed by atoms with van der Waals surface area (Å²) >= 11 is 0. The fourth-order valence-electron chi connectivity index (χ4n) is 2.78. The van der Waals surface area contributed by atoms with E-state index in [2.05, 4.69) is 25.3 Å². The summed E-state index contributed by atoms with van der Waals surface area (Å²) in [6.07, 6.45) is 6.96. The van der Waals surface area contributed by atoms with Crippen LogP contribution in [0.25, 0.3) is 0 Å². The van der Waals surface area contributed by atoms with Gasteiger partial charge in [0.1, 0.15) is 6.61 Å². The Labute approximate surface area is 140 Å². The zero-order valence-corrected chi connectivity index (χ0v) is 13.6. The van der Waals surface area contributed by atoms with Gasteiger partial charge in [0.2, 0.25) is 17.8 Å². The molecular formula is C16H20N6O2. The van der Waals surface area contributed by atoms with Gasteiger partial charge < -0.3 is 9.64 Å². The van der Waals surface area contributed by atoms with Crippen molar-refractivity contribution in [3.63, 3.8) is 0 Å². The van der Waals surface area contributed by atoms with Crippen molar-refractivity contribution in [2.24, 2.45) is 0 Å². The second-order valence-corrected chi connectivity index (χ2v) is 5.61. The summed E-state index contributed by atoms with van der Waals surface area (Å²) in [5.41, 5.74) is 0.915. The van der Waals surface area contributed by atoms with Gasteiger partial charge in [0, 0.05) is 44.7 Å². The number of anilines is 2. The maximum atomic E-state index is 12.0. The minimum absolute atomic E-state index is 0.0206. The Hall–Kier alpha value is -2.61. The molecule has 0 bridgehead atoms. The first-order valence-electron chi connectivity index (χ1n) is 7.90. The molecular weight excluding hydrogens is 308 g/mol. The van der Waals surface area contributed by atoms with Gasteiger partial charge in [0.25, 0.3) is 0 Å². The summed E-state index contributed by atoms with van der Waals surface area (Å²) in [6.45, 7) is 1.54. The first kappa shape index (κ1) is 16.3. The average Bonchev–Trinajstić information content (AvgIpc) is 2.63. The second-order valence-electron chi connectivity index (χ2n) is 5.61. The molecule has 1 aliphatic heterocycles. The number of methoxy groups -OCH3 is 1. The molecule has 24 heavy (non-hydrogen) atoms. The van der Waals surface area contributed by atoms with Crippen molar-refractivity contribution in [1.29, 1.82) is 0 Å². The Morgan fingerprint density at radius 1 is 1.29 bits per heavy atom. The lowest BCUT2D eigenvalue weighted by molar-refractivity contribution is -0.136. The highest BCUT2D eigenvalue weighted by molar-refractivity contribution is 5.77. The highest BCUT2D eigenvalue weighted by Crippen LogP contribution is 2.26. The molecule has 1 fully saturated rings. The molecule has 1 atom stereocenters. The molecule has 1 amide bonds. The molecule has 126 valence electrons. The Morgan fingerprint density at radius 2 is 2.08 bits per heavy atom. The van der Waals surface area contributed by atoms with E-state index in [-0.39, 0.29) is 18.4 Å². The summed E-state index contributed by atoms with van der Waals surface area (Å²) in [4.78, 5) is 30.8. The van der Waals surface area contributed by atoms with Crippen LogP contribution in [-0.2, 0) is 9.53 Å². The number of amides is 1. The van der Waals surface area contributed by atoms with Crippen molar-refractivity contribution in [1.82, 2.24) is 24.8 Å². The van der Waals surface area contributed by atoms with E-state index in [1.54, 1.807) is 24.7 Å². The fourth-order valence-corrected chi connectivity index (χ4v) is 2.78. The van der Waals surface area contributed by atoms with E-state index >= 15 is 0 Å². The Morgan fingerprint density at radius 3 is 2.88 bits per heavy atom. The quantitative estimate of drug-likeness (QED) is 0.885. The maximum absolute atomic E-state index is 12.0. The highest BCUT2D eigenvalue weighted by atomic mass is 16.5. The van der Waals surface area contributed by atoms with E-state index in [1.165, 1.54) is 7.11 Å². The van der Waals surface area contributed by atoms with E-state index in [1.807, 2.05) is 11.0 Å². The topological polar surface area (TPSA) is 93.1 Å². The number of ether oxygens (including phenoxy) is 1. The summed E-state index contributed by atoms with van der Waals surface area (Å²) in [5.74, 6) is 1.13. The van der Waals surface area contributed by atoms with Crippen LogP contribution in [0.5, 0.6) is 0 Å². The fraction of sp³-hybridized carbons (Fsp3) is 0.438. The van der Waals surface area contributed by atoms with Crippen LogP contribution in [-0.4, -0.2) is 57.5 Å². The van der Waals surface area contributed by atoms with Gasteiger partial charge in [0.15, 0.2) is 0 Å². The van der Waals surface area contributed by atoms with Crippen molar-refractivity contribution in [2.75, 3.05) is 32.1 Å². The second kappa shape index (κ2) is 7.78. The Kier molecular flexibility index (Phi) is 5.27. The molecule has 1 saturated heterocycles. The first-order valence-corrected chi connectivity index (χ1v) is 7.90. The largest absolute Gasteiger partial charge is 0.375 e. The number of hydrogen-bond acceptors (Lipinski definition) is 7. The molecule has 1 aliphatic rings. The normalized spacial score (nSPS) is 17.5. The lowest BCUT2D eigenvalue weighted by atomic mass is 9.94. The number of carbonyl (C=O) groups is 1. The van der Waals surface area contributed by atoms with Crippen molar-refractivity contribution in [2.45, 2.75) is 18.8 Å². The van der Waals surface area contributed by atoms with Crippen molar-refractivity contribution in [3.05, 3.63) is 36.4 Å². The van der Waals surface area contributed by atoms with Crippen LogP contribution in [0, 0.1) is 0 Å². The molecule has 0 aliphatic carbocycles. The molecule has 8 nitrogen and oxygen atoms in total. The standard InChI is InChI=1S/C16H20N6O2/c1-24-11-14(23)22-9-2-4-12(10-22)13-5-8-19-16(20-13)21-15-17-6-3-7-18-15/h3,5-8,12H,2,4,9-11H2,1H3,(H,17,18,19,20,21). The van der Waals surface area contributed by atoms with Crippen molar-refractivity contribution >= 4 is 17.8 Å². The third-order valence-electron chi connectivity index (χ3n) is 3.93. The molecule has 3 heterocycles. The van der Waals surface area contributed by atoms with Gasteiger partial charge in [-0.05, 0) is 25.0 Å². The number of hydrogen-bond donors (Lipinski definition) is 1. The van der Waals surface area contributed by atoms with Crippen LogP contribution in [0.15, 0.2) is 30.7 Å². The molecule has 1 unspecified atom stereocenters. The minimum atomic E-state index is 0.0206. The molecule has 0 aromatic carbocycles. The average molecular weight is 328 g/mol. The van der Waals surface area contributed by atoms with E-state index < -0.39 is 0 Å². The third-order valence-corrected chi connectivity index (χ3v) is 3.93. The van der Waals surface area contributed by atoms with Gasteiger partial charge >= 0.3 is 0 Å². The van der Waals surface area contributed by atoms with E-state index in [4.69, 9.17) is 4.74 Å². The van der Waals surface area contributed by atoms with Gasteiger partial charge in [0.05, 0.1) is 5.69 Å². The van der Waals surface area contributed by atoms with Crippen LogP contribution in [0.4, 0.5) is 11.9 Å². The summed E-state index contributed by atoms with van der Waals surface area (Å²) < 4.78 is 4.94. The third kappa shape index (κ3) is 4.02. The molecule has 0 saturated carbocycles. The van der Waals surface area contributed by atoms with Gasteiger partial charge in [-0.15, -0.1) is 0 Å². The molecule has 1 N–H and O–H groups in total. The molecule has 0 spiro atoms. The van der Waals surface area contributed by atoms with Crippen LogP contribution in [0.1, 0.15) is 24.5 Å². The number of rotatable bonds is 5. The highest BCUT2D eigenvalue weighted by Gasteiger charge is 2.25. The smallest absolute Gasteiger partial charge is 0.248 e. The Balaban J connectivity index is 1.70. The number of piperidine rings is 1. The van der Waals surface area contributed by atoms with Crippen molar-refractivity contribution < 1.29 is 9.53 Å². The summed E-state index contributed by atoms with van der Waals surface area (Å²) in [5, 5.41) is 2.99. The lowest BCUT2D eigenvalue weighted by Gasteiger charge is -2.32. The van der Waals surface area contributed by atoms with E-state index in [9.17, 15) is 4.79 Å². The van der Waals surface area contributed by atoms with Crippen LogP contribution >= 0.6 is 0 Å². The van der Waals surface area contributed by atoms with E-state index in [0.717, 1.165) is 25.1 Å². The van der Waals surface area contributed by atoms with Gasteiger partial charge in [-0.25, -0.2) is 19.9 Å². The van der Waals surface area contributed by atoms with Crippen LogP contribution in [0.2, 0.25) is 0 Å². The number of carbonyl (C=O) groups excluding carboxylic acids is 1. The van der Waals surface area contributed by atoms with Crippen molar-refractivity contribution in [3.8, 4) is 0 Å². The number of nitrogens with one attached hydrogen (secondary N) is 1. The van der Waals surface area contributed by atoms with Gasteiger partial charge in [-0.3, -0.25) is 10.1 Å². The molecule has 8 heteroatoms. The predicted molar refractivity (Wildman–Crippen MR) is 87.8 cm³/mol. The van der Waals surface area contributed by atoms with Crippen LogP contribution < -0.4 is 5.32 Å². The van der Waals surface area contributed by atoms with Crippen LogP contribution in [0.3, 0.4) is 0 Å². The molecule has 3 rings (SSSR count). The summed E-state index contributed by atoms with van der Waals surface area (Å²) in [6, 6.07) is 3.64. The van der Waals surface area contributed by atoms with Gasteiger partial charge in [-0.2, -0.15) is 0 Å². The molecule has 2 aromatic rings. The number of nitrogens with zero attached hydrogens (tertiary/aromatic N) is 5. The predicted octanol–water partition coefficient (Wildman–Crippen LogP) is 1.36. The minimum Gasteiger partial charge on any atom is -0.375 e. The Bertz CT molecular complexity index is 681. The SMILES string of the molecule is COCC(=O)N1CCCC(c2ccnc(Nc3ncccn3)n2)C1. The molecule has 0 radical (unpaired) electrons. The summed E-state index contributed by atoms with van der Waals surface area (Å²) in [7, 11) is 1.54.